The molecular formula is C28H31N5O. The molecular weight excluding hydrogens is 422 g/mol. The van der Waals surface area contributed by atoms with Crippen molar-refractivity contribution in [2.75, 3.05) is 11.9 Å². The molecule has 0 saturated heterocycles. The van der Waals surface area contributed by atoms with Crippen LogP contribution in [-0.2, 0) is 4.79 Å². The van der Waals surface area contributed by atoms with Crippen LogP contribution in [0.4, 0.5) is 5.69 Å². The van der Waals surface area contributed by atoms with Crippen LogP contribution in [0.25, 0.3) is 22.0 Å². The number of nitrogens with zero attached hydrogens (tertiary/aromatic N) is 2. The molecule has 5 rings (SSSR count). The van der Waals surface area contributed by atoms with Gasteiger partial charge in [0.1, 0.15) is 0 Å². The first-order valence-corrected chi connectivity index (χ1v) is 12.2. The van der Waals surface area contributed by atoms with Crippen LogP contribution in [-0.4, -0.2) is 27.6 Å². The van der Waals surface area contributed by atoms with Crippen molar-refractivity contribution in [2.24, 2.45) is 5.92 Å². The van der Waals surface area contributed by atoms with E-state index in [1.165, 1.54) is 6.42 Å². The van der Waals surface area contributed by atoms with Crippen LogP contribution in [0.3, 0.4) is 0 Å². The van der Waals surface area contributed by atoms with E-state index in [-0.39, 0.29) is 17.9 Å². The van der Waals surface area contributed by atoms with E-state index in [2.05, 4.69) is 62.2 Å². The average Bonchev–Trinajstić information content (AvgIpc) is 3.27. The number of pyridine rings is 1. The van der Waals surface area contributed by atoms with Crippen LogP contribution in [0.2, 0.25) is 0 Å². The number of hydrogen-bond acceptors (Lipinski definition) is 4. The largest absolute Gasteiger partial charge is 0.375 e. The molecule has 1 amide bonds. The first kappa shape index (κ1) is 22.1. The SMILES string of the molecule is Cc1n[nH]c2ccc(-c3cncc(N[C@@H](CNC(=O)C4CCCCC4)c4ccccc4)c3)cc12. The summed E-state index contributed by atoms with van der Waals surface area (Å²) in [6, 6.07) is 18.6. The van der Waals surface area contributed by atoms with Gasteiger partial charge in [-0.2, -0.15) is 5.10 Å². The summed E-state index contributed by atoms with van der Waals surface area (Å²) < 4.78 is 0. The van der Waals surface area contributed by atoms with Gasteiger partial charge in [-0.3, -0.25) is 14.9 Å². The maximum absolute atomic E-state index is 12.8. The fourth-order valence-corrected chi connectivity index (χ4v) is 4.85. The van der Waals surface area contributed by atoms with E-state index >= 15 is 0 Å². The summed E-state index contributed by atoms with van der Waals surface area (Å²) >= 11 is 0. The Bertz CT molecular complexity index is 1260. The van der Waals surface area contributed by atoms with E-state index in [1.807, 2.05) is 37.5 Å². The number of rotatable bonds is 7. The minimum Gasteiger partial charge on any atom is -0.375 e. The van der Waals surface area contributed by atoms with E-state index in [0.717, 1.165) is 64.7 Å². The molecule has 1 aliphatic rings. The molecule has 0 unspecified atom stereocenters. The van der Waals surface area contributed by atoms with Crippen molar-refractivity contribution in [2.45, 2.75) is 45.1 Å². The number of aromatic nitrogens is 3. The van der Waals surface area contributed by atoms with E-state index in [0.29, 0.717) is 6.54 Å². The van der Waals surface area contributed by atoms with E-state index in [9.17, 15) is 4.79 Å². The second-order valence-electron chi connectivity index (χ2n) is 9.22. The number of aromatic amines is 1. The zero-order valence-corrected chi connectivity index (χ0v) is 19.6. The number of aryl methyl sites for hydroxylation is 1. The number of anilines is 1. The predicted molar refractivity (Wildman–Crippen MR) is 136 cm³/mol. The first-order valence-electron chi connectivity index (χ1n) is 12.2. The third-order valence-electron chi connectivity index (χ3n) is 6.82. The number of hydrogen-bond donors (Lipinski definition) is 3. The van der Waals surface area contributed by atoms with Gasteiger partial charge in [-0.1, -0.05) is 55.7 Å². The van der Waals surface area contributed by atoms with Crippen molar-refractivity contribution in [3.05, 3.63) is 78.2 Å². The van der Waals surface area contributed by atoms with E-state index < -0.39 is 0 Å². The second kappa shape index (κ2) is 10.1. The van der Waals surface area contributed by atoms with Gasteiger partial charge < -0.3 is 10.6 Å². The molecule has 0 radical (unpaired) electrons. The van der Waals surface area contributed by atoms with Crippen LogP contribution in [0, 0.1) is 12.8 Å². The van der Waals surface area contributed by atoms with Crippen molar-refractivity contribution in [3.8, 4) is 11.1 Å². The van der Waals surface area contributed by atoms with Crippen LogP contribution in [0.15, 0.2) is 67.0 Å². The molecule has 34 heavy (non-hydrogen) atoms. The lowest BCUT2D eigenvalue weighted by molar-refractivity contribution is -0.125. The van der Waals surface area contributed by atoms with Crippen LogP contribution >= 0.6 is 0 Å². The van der Waals surface area contributed by atoms with Gasteiger partial charge in [-0.15, -0.1) is 0 Å². The maximum atomic E-state index is 12.8. The topological polar surface area (TPSA) is 82.7 Å². The minimum atomic E-state index is -0.0515. The molecule has 6 nitrogen and oxygen atoms in total. The Morgan fingerprint density at radius 1 is 1.03 bits per heavy atom. The molecule has 174 valence electrons. The average molecular weight is 454 g/mol. The van der Waals surface area contributed by atoms with Crippen molar-refractivity contribution < 1.29 is 4.79 Å². The van der Waals surface area contributed by atoms with Gasteiger partial charge in [0.25, 0.3) is 0 Å². The number of carbonyl (C=O) groups excluding carboxylic acids is 1. The fourth-order valence-electron chi connectivity index (χ4n) is 4.85. The van der Waals surface area contributed by atoms with Gasteiger partial charge in [0.2, 0.25) is 5.91 Å². The Labute approximate surface area is 200 Å². The van der Waals surface area contributed by atoms with Gasteiger partial charge >= 0.3 is 0 Å². The highest BCUT2D eigenvalue weighted by Gasteiger charge is 2.22. The highest BCUT2D eigenvalue weighted by Crippen LogP contribution is 2.28. The Kier molecular flexibility index (Phi) is 6.56. The maximum Gasteiger partial charge on any atom is 0.223 e. The zero-order chi connectivity index (χ0) is 23.3. The Hall–Kier alpha value is -3.67. The standard InChI is InChI=1S/C28H31N5O/c1-19-25-15-22(12-13-26(25)33-32-19)23-14-24(17-29-16-23)31-27(20-8-4-2-5-9-20)18-30-28(34)21-10-6-3-7-11-21/h2,4-5,8-9,12-17,21,27,31H,3,6-7,10-11,18H2,1H3,(H,30,34)(H,32,33)/t27-/m0/s1. The van der Waals surface area contributed by atoms with Gasteiger partial charge in [-0.25, -0.2) is 0 Å². The summed E-state index contributed by atoms with van der Waals surface area (Å²) in [5, 5.41) is 15.3. The van der Waals surface area contributed by atoms with Gasteiger partial charge in [0.05, 0.1) is 22.9 Å². The molecule has 2 heterocycles. The smallest absolute Gasteiger partial charge is 0.223 e. The molecule has 3 N–H and O–H groups in total. The van der Waals surface area contributed by atoms with Gasteiger partial charge in [-0.05, 0) is 49.1 Å². The summed E-state index contributed by atoms with van der Waals surface area (Å²) in [4.78, 5) is 17.3. The molecule has 2 aromatic carbocycles. The number of H-pyrrole nitrogens is 1. The summed E-state index contributed by atoms with van der Waals surface area (Å²) in [5.41, 5.74) is 6.19. The molecule has 1 fully saturated rings. The normalized spacial score (nSPS) is 15.2. The molecule has 0 spiro atoms. The third kappa shape index (κ3) is 4.96. The van der Waals surface area contributed by atoms with Crippen molar-refractivity contribution in [1.29, 1.82) is 0 Å². The van der Waals surface area contributed by atoms with E-state index in [4.69, 9.17) is 0 Å². The number of benzene rings is 2. The highest BCUT2D eigenvalue weighted by molar-refractivity contribution is 5.86. The molecule has 2 aromatic heterocycles. The van der Waals surface area contributed by atoms with Crippen LogP contribution in [0.5, 0.6) is 0 Å². The lowest BCUT2D eigenvalue weighted by Gasteiger charge is -2.24. The molecule has 1 aliphatic carbocycles. The third-order valence-corrected chi connectivity index (χ3v) is 6.82. The van der Waals surface area contributed by atoms with Crippen LogP contribution in [0.1, 0.15) is 49.4 Å². The Balaban J connectivity index is 1.35. The molecule has 0 bridgehead atoms. The van der Waals surface area contributed by atoms with Crippen molar-refractivity contribution in [1.82, 2.24) is 20.5 Å². The lowest BCUT2D eigenvalue weighted by atomic mass is 9.88. The first-order chi connectivity index (χ1) is 16.7. The number of amides is 1. The van der Waals surface area contributed by atoms with Crippen molar-refractivity contribution >= 4 is 22.5 Å². The summed E-state index contributed by atoms with van der Waals surface area (Å²) in [6.45, 7) is 2.54. The zero-order valence-electron chi connectivity index (χ0n) is 19.6. The van der Waals surface area contributed by atoms with E-state index in [1.54, 1.807) is 0 Å². The quantitative estimate of drug-likeness (QED) is 0.331. The second-order valence-corrected chi connectivity index (χ2v) is 9.22. The summed E-state index contributed by atoms with van der Waals surface area (Å²) in [6.07, 6.45) is 9.27. The predicted octanol–water partition coefficient (Wildman–Crippen LogP) is 5.78. The Morgan fingerprint density at radius 2 is 1.85 bits per heavy atom. The highest BCUT2D eigenvalue weighted by atomic mass is 16.1. The molecule has 0 aliphatic heterocycles. The minimum absolute atomic E-state index is 0.0515. The molecule has 4 aromatic rings. The molecule has 1 saturated carbocycles. The van der Waals surface area contributed by atoms with Crippen molar-refractivity contribution in [3.63, 3.8) is 0 Å². The molecule has 6 heteroatoms. The number of carbonyl (C=O) groups is 1. The van der Waals surface area contributed by atoms with Gasteiger partial charge in [0, 0.05) is 35.8 Å². The number of nitrogens with one attached hydrogen (secondary N) is 3. The monoisotopic (exact) mass is 453 g/mol. The fraction of sp³-hybridized carbons (Fsp3) is 0.321. The lowest BCUT2D eigenvalue weighted by Crippen LogP contribution is -2.36. The summed E-state index contributed by atoms with van der Waals surface area (Å²) in [7, 11) is 0. The number of fused-ring (bicyclic) bond motifs is 1. The molecule has 1 atom stereocenters. The van der Waals surface area contributed by atoms with Gasteiger partial charge in [0.15, 0.2) is 0 Å². The summed E-state index contributed by atoms with van der Waals surface area (Å²) in [5.74, 6) is 0.328. The Morgan fingerprint density at radius 3 is 2.68 bits per heavy atom. The van der Waals surface area contributed by atoms with Crippen LogP contribution < -0.4 is 10.6 Å².